The largest absolute Gasteiger partial charge is 0.497 e. The molecule has 1 heterocycles. The standard InChI is InChI=1S/C13H20N2OS/c1-15-8-7-14-11(9-15)10-17-13-5-3-12(16-2)4-6-13/h3-6,11,14H,7-10H2,1-2H3. The summed E-state index contributed by atoms with van der Waals surface area (Å²) in [7, 11) is 3.88. The zero-order valence-electron chi connectivity index (χ0n) is 10.5. The van der Waals surface area contributed by atoms with E-state index in [1.54, 1.807) is 7.11 Å². The summed E-state index contributed by atoms with van der Waals surface area (Å²) in [5.74, 6) is 2.04. The zero-order chi connectivity index (χ0) is 12.1. The van der Waals surface area contributed by atoms with Gasteiger partial charge in [0, 0.05) is 36.3 Å². The van der Waals surface area contributed by atoms with Crippen molar-refractivity contribution in [3.63, 3.8) is 0 Å². The van der Waals surface area contributed by atoms with Crippen LogP contribution >= 0.6 is 11.8 Å². The van der Waals surface area contributed by atoms with Gasteiger partial charge in [-0.3, -0.25) is 0 Å². The number of methoxy groups -OCH3 is 1. The molecule has 1 N–H and O–H groups in total. The first-order valence-corrected chi connectivity index (χ1v) is 6.95. The van der Waals surface area contributed by atoms with E-state index in [4.69, 9.17) is 4.74 Å². The first kappa shape index (κ1) is 12.7. The van der Waals surface area contributed by atoms with Gasteiger partial charge in [-0.1, -0.05) is 0 Å². The molecule has 1 unspecified atom stereocenters. The van der Waals surface area contributed by atoms with Gasteiger partial charge >= 0.3 is 0 Å². The fourth-order valence-corrected chi connectivity index (χ4v) is 2.92. The normalized spacial score (nSPS) is 21.4. The summed E-state index contributed by atoms with van der Waals surface area (Å²) in [6, 6.07) is 8.87. The molecular weight excluding hydrogens is 232 g/mol. The number of nitrogens with one attached hydrogen (secondary N) is 1. The number of hydrogen-bond donors (Lipinski definition) is 1. The van der Waals surface area contributed by atoms with Crippen molar-refractivity contribution in [2.45, 2.75) is 10.9 Å². The third-order valence-electron chi connectivity index (χ3n) is 2.97. The number of likely N-dealkylation sites (N-methyl/N-ethyl adjacent to an activating group) is 1. The van der Waals surface area contributed by atoms with E-state index >= 15 is 0 Å². The Hall–Kier alpha value is -0.710. The van der Waals surface area contributed by atoms with Crippen LogP contribution in [0, 0.1) is 0 Å². The lowest BCUT2D eigenvalue weighted by Crippen LogP contribution is -2.50. The van der Waals surface area contributed by atoms with Crippen LogP contribution in [-0.4, -0.2) is 50.5 Å². The van der Waals surface area contributed by atoms with Crippen LogP contribution in [0.3, 0.4) is 0 Å². The molecule has 0 bridgehead atoms. The van der Waals surface area contributed by atoms with Crippen molar-refractivity contribution in [2.24, 2.45) is 0 Å². The van der Waals surface area contributed by atoms with E-state index in [1.165, 1.54) is 4.90 Å². The van der Waals surface area contributed by atoms with Gasteiger partial charge in [-0.25, -0.2) is 0 Å². The minimum Gasteiger partial charge on any atom is -0.497 e. The van der Waals surface area contributed by atoms with Gasteiger partial charge in [0.2, 0.25) is 0 Å². The molecule has 1 aromatic carbocycles. The minimum atomic E-state index is 0.598. The molecule has 3 nitrogen and oxygen atoms in total. The number of rotatable bonds is 4. The second-order valence-corrected chi connectivity index (χ2v) is 5.49. The summed E-state index contributed by atoms with van der Waals surface area (Å²) in [6.07, 6.45) is 0. The SMILES string of the molecule is COc1ccc(SCC2CN(C)CCN2)cc1. The fourth-order valence-electron chi connectivity index (χ4n) is 1.97. The van der Waals surface area contributed by atoms with Gasteiger partial charge in [0.15, 0.2) is 0 Å². The molecule has 94 valence electrons. The Bertz CT molecular complexity index is 342. The molecule has 1 aliphatic heterocycles. The van der Waals surface area contributed by atoms with Gasteiger partial charge in [-0.2, -0.15) is 0 Å². The first-order chi connectivity index (χ1) is 8.28. The van der Waals surface area contributed by atoms with Gasteiger partial charge in [-0.15, -0.1) is 11.8 Å². The molecule has 1 saturated heterocycles. The number of ether oxygens (including phenoxy) is 1. The van der Waals surface area contributed by atoms with Crippen molar-refractivity contribution in [1.82, 2.24) is 10.2 Å². The maximum Gasteiger partial charge on any atom is 0.118 e. The Labute approximate surface area is 108 Å². The Morgan fingerprint density at radius 2 is 2.18 bits per heavy atom. The van der Waals surface area contributed by atoms with E-state index in [2.05, 4.69) is 29.4 Å². The Morgan fingerprint density at radius 3 is 2.82 bits per heavy atom. The lowest BCUT2D eigenvalue weighted by molar-refractivity contribution is 0.250. The van der Waals surface area contributed by atoms with Crippen LogP contribution in [0.25, 0.3) is 0 Å². The lowest BCUT2D eigenvalue weighted by Gasteiger charge is -2.30. The highest BCUT2D eigenvalue weighted by Crippen LogP contribution is 2.22. The molecule has 1 atom stereocenters. The average Bonchev–Trinajstić information content (AvgIpc) is 2.37. The van der Waals surface area contributed by atoms with Crippen LogP contribution in [0.2, 0.25) is 0 Å². The number of nitrogens with zero attached hydrogens (tertiary/aromatic N) is 1. The Morgan fingerprint density at radius 1 is 1.41 bits per heavy atom. The maximum absolute atomic E-state index is 5.15. The second-order valence-electron chi connectivity index (χ2n) is 4.40. The minimum absolute atomic E-state index is 0.598. The van der Waals surface area contributed by atoms with E-state index in [0.717, 1.165) is 31.1 Å². The number of piperazine rings is 1. The second kappa shape index (κ2) is 6.28. The molecule has 2 rings (SSSR count). The van der Waals surface area contributed by atoms with Crippen molar-refractivity contribution < 1.29 is 4.74 Å². The summed E-state index contributed by atoms with van der Waals surface area (Å²) in [6.45, 7) is 3.40. The molecule has 0 amide bonds. The number of hydrogen-bond acceptors (Lipinski definition) is 4. The highest BCUT2D eigenvalue weighted by atomic mass is 32.2. The third-order valence-corrected chi connectivity index (χ3v) is 4.14. The molecule has 17 heavy (non-hydrogen) atoms. The predicted molar refractivity (Wildman–Crippen MR) is 73.0 cm³/mol. The summed E-state index contributed by atoms with van der Waals surface area (Å²) in [5.41, 5.74) is 0. The predicted octanol–water partition coefficient (Wildman–Crippen LogP) is 1.69. The smallest absolute Gasteiger partial charge is 0.118 e. The molecule has 0 aliphatic carbocycles. The maximum atomic E-state index is 5.15. The van der Waals surface area contributed by atoms with Crippen LogP contribution in [-0.2, 0) is 0 Å². The molecule has 1 aliphatic rings. The van der Waals surface area contributed by atoms with Crippen LogP contribution in [0.15, 0.2) is 29.2 Å². The molecule has 1 fully saturated rings. The Kier molecular flexibility index (Phi) is 4.71. The highest BCUT2D eigenvalue weighted by Gasteiger charge is 2.16. The molecule has 0 radical (unpaired) electrons. The first-order valence-electron chi connectivity index (χ1n) is 5.96. The molecule has 1 aromatic rings. The van der Waals surface area contributed by atoms with E-state index in [9.17, 15) is 0 Å². The van der Waals surface area contributed by atoms with Crippen LogP contribution < -0.4 is 10.1 Å². The van der Waals surface area contributed by atoms with Crippen LogP contribution in [0.4, 0.5) is 0 Å². The van der Waals surface area contributed by atoms with E-state index in [0.29, 0.717) is 6.04 Å². The monoisotopic (exact) mass is 252 g/mol. The topological polar surface area (TPSA) is 24.5 Å². The summed E-state index contributed by atoms with van der Waals surface area (Å²) < 4.78 is 5.15. The molecular formula is C13H20N2OS. The van der Waals surface area contributed by atoms with E-state index < -0.39 is 0 Å². The number of thioether (sulfide) groups is 1. The fraction of sp³-hybridized carbons (Fsp3) is 0.538. The van der Waals surface area contributed by atoms with Gasteiger partial charge in [0.25, 0.3) is 0 Å². The lowest BCUT2D eigenvalue weighted by atomic mass is 10.2. The molecule has 0 aromatic heterocycles. The quantitative estimate of drug-likeness (QED) is 0.824. The van der Waals surface area contributed by atoms with Crippen molar-refractivity contribution in [3.8, 4) is 5.75 Å². The molecule has 0 spiro atoms. The summed E-state index contributed by atoms with van der Waals surface area (Å²) >= 11 is 1.90. The summed E-state index contributed by atoms with van der Waals surface area (Å²) in [4.78, 5) is 3.69. The van der Waals surface area contributed by atoms with Gasteiger partial charge in [0.05, 0.1) is 7.11 Å². The van der Waals surface area contributed by atoms with Crippen molar-refractivity contribution in [3.05, 3.63) is 24.3 Å². The summed E-state index contributed by atoms with van der Waals surface area (Å²) in [5, 5.41) is 3.56. The van der Waals surface area contributed by atoms with Crippen LogP contribution in [0.5, 0.6) is 5.75 Å². The number of benzene rings is 1. The van der Waals surface area contributed by atoms with Crippen molar-refractivity contribution in [2.75, 3.05) is 39.5 Å². The molecule has 4 heteroatoms. The van der Waals surface area contributed by atoms with Crippen LogP contribution in [0.1, 0.15) is 0 Å². The van der Waals surface area contributed by atoms with Gasteiger partial charge in [0.1, 0.15) is 5.75 Å². The zero-order valence-corrected chi connectivity index (χ0v) is 11.3. The van der Waals surface area contributed by atoms with Gasteiger partial charge < -0.3 is 15.0 Å². The highest BCUT2D eigenvalue weighted by molar-refractivity contribution is 7.99. The van der Waals surface area contributed by atoms with Crippen molar-refractivity contribution in [1.29, 1.82) is 0 Å². The van der Waals surface area contributed by atoms with E-state index in [1.807, 2.05) is 23.9 Å². The van der Waals surface area contributed by atoms with Crippen molar-refractivity contribution >= 4 is 11.8 Å². The Balaban J connectivity index is 1.80. The van der Waals surface area contributed by atoms with Gasteiger partial charge in [-0.05, 0) is 31.3 Å². The molecule has 0 saturated carbocycles. The van der Waals surface area contributed by atoms with E-state index in [-0.39, 0.29) is 0 Å². The third kappa shape index (κ3) is 3.91. The average molecular weight is 252 g/mol.